The van der Waals surface area contributed by atoms with Crippen LogP contribution in [0.15, 0.2) is 24.3 Å². The Bertz CT molecular complexity index is 463. The van der Waals surface area contributed by atoms with Gasteiger partial charge in [0.1, 0.15) is 0 Å². The smallest absolute Gasteiger partial charge is 0.0991 e. The van der Waals surface area contributed by atoms with Crippen LogP contribution in [-0.4, -0.2) is 17.7 Å². The molecule has 1 aromatic rings. The molecule has 3 nitrogen and oxygen atoms in total. The van der Waals surface area contributed by atoms with E-state index in [0.717, 1.165) is 5.56 Å². The van der Waals surface area contributed by atoms with Gasteiger partial charge in [0.2, 0.25) is 0 Å². The molecule has 1 fully saturated rings. The van der Waals surface area contributed by atoms with Gasteiger partial charge in [-0.25, -0.2) is 0 Å². The molecule has 0 aromatic heterocycles. The van der Waals surface area contributed by atoms with Gasteiger partial charge in [-0.2, -0.15) is 5.26 Å². The summed E-state index contributed by atoms with van der Waals surface area (Å²) in [7, 11) is 0. The number of rotatable bonds is 4. The molecule has 0 spiro atoms. The molecule has 1 aliphatic carbocycles. The summed E-state index contributed by atoms with van der Waals surface area (Å²) in [4.78, 5) is 0. The molecule has 0 aliphatic heterocycles. The van der Waals surface area contributed by atoms with Crippen molar-refractivity contribution in [2.24, 2.45) is 5.41 Å². The lowest BCUT2D eigenvalue weighted by molar-refractivity contribution is 0.152. The Morgan fingerprint density at radius 3 is 2.45 bits per heavy atom. The molecule has 1 saturated carbocycles. The van der Waals surface area contributed by atoms with Crippen molar-refractivity contribution in [3.63, 3.8) is 0 Å². The maximum absolute atomic E-state index is 10.2. The second-order valence-corrected chi connectivity index (χ2v) is 6.60. The second-order valence-electron chi connectivity index (χ2n) is 6.60. The summed E-state index contributed by atoms with van der Waals surface area (Å²) in [6.45, 7) is 5.24. The van der Waals surface area contributed by atoms with E-state index in [1.54, 1.807) is 12.1 Å². The zero-order valence-corrected chi connectivity index (χ0v) is 12.4. The third-order valence-corrected chi connectivity index (χ3v) is 4.36. The highest BCUT2D eigenvalue weighted by molar-refractivity contribution is 5.32. The molecule has 1 aliphatic rings. The number of hydrogen-bond acceptors (Lipinski definition) is 3. The average molecular weight is 272 g/mol. The van der Waals surface area contributed by atoms with Gasteiger partial charge in [0, 0.05) is 12.6 Å². The second kappa shape index (κ2) is 6.39. The summed E-state index contributed by atoms with van der Waals surface area (Å²) >= 11 is 0. The fourth-order valence-electron chi connectivity index (χ4n) is 2.78. The van der Waals surface area contributed by atoms with E-state index >= 15 is 0 Å². The molecular formula is C17H24N2O. The molecule has 0 radical (unpaired) electrons. The Balaban J connectivity index is 1.80. The van der Waals surface area contributed by atoms with Crippen molar-refractivity contribution in [1.29, 1.82) is 5.26 Å². The first-order valence-corrected chi connectivity index (χ1v) is 7.42. The van der Waals surface area contributed by atoms with Gasteiger partial charge < -0.3 is 10.4 Å². The number of aliphatic hydroxyl groups excluding tert-OH is 1. The SMILES string of the molecule is CC1(C)CCC(NCC(O)c2ccc(C#N)cc2)CC1. The number of benzene rings is 1. The molecule has 0 bridgehead atoms. The van der Waals surface area contributed by atoms with Gasteiger partial charge in [-0.15, -0.1) is 0 Å². The number of nitrogens with one attached hydrogen (secondary N) is 1. The van der Waals surface area contributed by atoms with Gasteiger partial charge in [0.25, 0.3) is 0 Å². The summed E-state index contributed by atoms with van der Waals surface area (Å²) in [5, 5.41) is 22.4. The maximum atomic E-state index is 10.2. The molecule has 0 heterocycles. The minimum atomic E-state index is -0.502. The van der Waals surface area contributed by atoms with E-state index in [1.807, 2.05) is 12.1 Å². The minimum absolute atomic E-state index is 0.476. The monoisotopic (exact) mass is 272 g/mol. The van der Waals surface area contributed by atoms with Crippen molar-refractivity contribution >= 4 is 0 Å². The molecule has 0 amide bonds. The highest BCUT2D eigenvalue weighted by atomic mass is 16.3. The maximum Gasteiger partial charge on any atom is 0.0991 e. The van der Waals surface area contributed by atoms with E-state index < -0.39 is 6.10 Å². The lowest BCUT2D eigenvalue weighted by Gasteiger charge is -2.35. The normalized spacial score (nSPS) is 20.3. The summed E-state index contributed by atoms with van der Waals surface area (Å²) < 4.78 is 0. The fraction of sp³-hybridized carbons (Fsp3) is 0.588. The molecule has 1 unspecified atom stereocenters. The molecule has 20 heavy (non-hydrogen) atoms. The van der Waals surface area contributed by atoms with Gasteiger partial charge in [0.05, 0.1) is 17.7 Å². The Labute approximate surface area is 121 Å². The molecule has 1 aromatic carbocycles. The van der Waals surface area contributed by atoms with Gasteiger partial charge in [-0.05, 0) is 48.8 Å². The summed E-state index contributed by atoms with van der Waals surface area (Å²) in [6, 6.07) is 9.77. The van der Waals surface area contributed by atoms with Crippen LogP contribution in [0, 0.1) is 16.7 Å². The van der Waals surface area contributed by atoms with Gasteiger partial charge >= 0.3 is 0 Å². The lowest BCUT2D eigenvalue weighted by Crippen LogP contribution is -2.37. The number of hydrogen-bond donors (Lipinski definition) is 2. The van der Waals surface area contributed by atoms with Crippen LogP contribution in [0.25, 0.3) is 0 Å². The van der Waals surface area contributed by atoms with E-state index in [2.05, 4.69) is 25.2 Å². The number of aliphatic hydroxyl groups is 1. The van der Waals surface area contributed by atoms with Crippen LogP contribution in [0.5, 0.6) is 0 Å². The summed E-state index contributed by atoms with van der Waals surface area (Å²) in [5.41, 5.74) is 1.97. The molecule has 3 heteroatoms. The topological polar surface area (TPSA) is 56.0 Å². The largest absolute Gasteiger partial charge is 0.387 e. The zero-order valence-electron chi connectivity index (χ0n) is 12.4. The van der Waals surface area contributed by atoms with E-state index in [9.17, 15) is 5.11 Å². The van der Waals surface area contributed by atoms with E-state index in [0.29, 0.717) is 23.6 Å². The molecule has 2 N–H and O–H groups in total. The van der Waals surface area contributed by atoms with E-state index in [-0.39, 0.29) is 0 Å². The quantitative estimate of drug-likeness (QED) is 0.885. The van der Waals surface area contributed by atoms with Crippen LogP contribution < -0.4 is 5.32 Å². The number of nitriles is 1. The average Bonchev–Trinajstić information content (AvgIpc) is 2.46. The molecule has 0 saturated heterocycles. The van der Waals surface area contributed by atoms with Crippen LogP contribution in [-0.2, 0) is 0 Å². The van der Waals surface area contributed by atoms with Gasteiger partial charge in [-0.1, -0.05) is 26.0 Å². The third kappa shape index (κ3) is 4.06. The highest BCUT2D eigenvalue weighted by Crippen LogP contribution is 2.35. The predicted octanol–water partition coefficient (Wildman–Crippen LogP) is 3.15. The number of nitrogens with zero attached hydrogens (tertiary/aromatic N) is 1. The Morgan fingerprint density at radius 2 is 1.90 bits per heavy atom. The van der Waals surface area contributed by atoms with Crippen molar-refractivity contribution in [2.45, 2.75) is 51.7 Å². The summed E-state index contributed by atoms with van der Waals surface area (Å²) in [5.74, 6) is 0. The van der Waals surface area contributed by atoms with Crippen LogP contribution in [0.1, 0.15) is 56.8 Å². The first-order chi connectivity index (χ1) is 9.50. The minimum Gasteiger partial charge on any atom is -0.387 e. The summed E-state index contributed by atoms with van der Waals surface area (Å²) in [6.07, 6.45) is 4.37. The first-order valence-electron chi connectivity index (χ1n) is 7.42. The Hall–Kier alpha value is -1.37. The molecule has 1 atom stereocenters. The molecular weight excluding hydrogens is 248 g/mol. The van der Waals surface area contributed by atoms with E-state index in [1.165, 1.54) is 25.7 Å². The van der Waals surface area contributed by atoms with E-state index in [4.69, 9.17) is 5.26 Å². The predicted molar refractivity (Wildman–Crippen MR) is 80.2 cm³/mol. The van der Waals surface area contributed by atoms with Crippen LogP contribution >= 0.6 is 0 Å². The van der Waals surface area contributed by atoms with Gasteiger partial charge in [0.15, 0.2) is 0 Å². The van der Waals surface area contributed by atoms with Crippen LogP contribution in [0.4, 0.5) is 0 Å². The standard InChI is InChI=1S/C17H24N2O/c1-17(2)9-7-15(8-10-17)19-12-16(20)14-5-3-13(11-18)4-6-14/h3-6,15-16,19-20H,7-10,12H2,1-2H3. The fourth-order valence-corrected chi connectivity index (χ4v) is 2.78. The molecule has 2 rings (SSSR count). The van der Waals surface area contributed by atoms with Crippen LogP contribution in [0.3, 0.4) is 0 Å². The van der Waals surface area contributed by atoms with Crippen LogP contribution in [0.2, 0.25) is 0 Å². The lowest BCUT2D eigenvalue weighted by atomic mass is 9.75. The third-order valence-electron chi connectivity index (χ3n) is 4.36. The van der Waals surface area contributed by atoms with Gasteiger partial charge in [-0.3, -0.25) is 0 Å². The first kappa shape index (κ1) is 15.0. The van der Waals surface area contributed by atoms with Crippen molar-refractivity contribution in [3.05, 3.63) is 35.4 Å². The Kier molecular flexibility index (Phi) is 4.80. The molecule has 108 valence electrons. The van der Waals surface area contributed by atoms with Crippen molar-refractivity contribution in [3.8, 4) is 6.07 Å². The zero-order chi connectivity index (χ0) is 14.6. The van der Waals surface area contributed by atoms with Crippen molar-refractivity contribution in [2.75, 3.05) is 6.54 Å². The van der Waals surface area contributed by atoms with Crippen molar-refractivity contribution in [1.82, 2.24) is 5.32 Å². The van der Waals surface area contributed by atoms with Crippen molar-refractivity contribution < 1.29 is 5.11 Å². The Morgan fingerprint density at radius 1 is 1.30 bits per heavy atom. The highest BCUT2D eigenvalue weighted by Gasteiger charge is 2.26.